The van der Waals surface area contributed by atoms with E-state index in [4.69, 9.17) is 5.11 Å². The number of hydrogen-bond donors (Lipinski definition) is 1. The molecule has 1 aromatic heterocycles. The molecule has 0 fully saturated rings. The molecule has 0 aliphatic heterocycles. The van der Waals surface area contributed by atoms with Gasteiger partial charge in [-0.3, -0.25) is 24.3 Å². The predicted octanol–water partition coefficient (Wildman–Crippen LogP) is 0.307. The highest BCUT2D eigenvalue weighted by Crippen LogP contribution is 2.17. The lowest BCUT2D eigenvalue weighted by atomic mass is 10.4. The Morgan fingerprint density at radius 2 is 2.25 bits per heavy atom. The van der Waals surface area contributed by atoms with Gasteiger partial charge in [0.05, 0.1) is 4.92 Å². The molecule has 1 heterocycles. The van der Waals surface area contributed by atoms with Crippen LogP contribution in [-0.2, 0) is 11.3 Å². The van der Waals surface area contributed by atoms with Gasteiger partial charge >= 0.3 is 17.2 Å². The van der Waals surface area contributed by atoms with Crippen molar-refractivity contribution in [2.24, 2.45) is 0 Å². The molecule has 0 amide bonds. The minimum atomic E-state index is -1.27. The van der Waals surface area contributed by atoms with Gasteiger partial charge in [-0.1, -0.05) is 0 Å². The highest BCUT2D eigenvalue weighted by atomic mass is 79.9. The summed E-state index contributed by atoms with van der Waals surface area (Å²) >= 11 is 2.79. The Bertz CT molecular complexity index is 523. The van der Waals surface area contributed by atoms with Gasteiger partial charge in [-0.25, -0.2) is 4.98 Å². The summed E-state index contributed by atoms with van der Waals surface area (Å²) in [5.74, 6) is -1.19. The number of aliphatic carboxylic acids is 1. The zero-order valence-electron chi connectivity index (χ0n) is 8.01. The van der Waals surface area contributed by atoms with Gasteiger partial charge in [0, 0.05) is 0 Å². The third-order valence-electron chi connectivity index (χ3n) is 1.77. The van der Waals surface area contributed by atoms with Crippen molar-refractivity contribution in [2.45, 2.75) is 13.5 Å². The summed E-state index contributed by atoms with van der Waals surface area (Å²) in [6, 6.07) is 0. The maximum Gasteiger partial charge on any atom is 0.366 e. The largest absolute Gasteiger partial charge is 0.480 e. The van der Waals surface area contributed by atoms with Crippen molar-refractivity contribution in [3.63, 3.8) is 0 Å². The van der Waals surface area contributed by atoms with Crippen LogP contribution in [0.2, 0.25) is 0 Å². The molecular weight excluding hydrogens is 286 g/mol. The second-order valence-electron chi connectivity index (χ2n) is 2.84. The number of halogens is 1. The van der Waals surface area contributed by atoms with Crippen molar-refractivity contribution in [2.75, 3.05) is 0 Å². The van der Waals surface area contributed by atoms with E-state index < -0.39 is 28.7 Å². The summed E-state index contributed by atoms with van der Waals surface area (Å²) < 4.78 is 0.521. The van der Waals surface area contributed by atoms with Crippen molar-refractivity contribution in [1.82, 2.24) is 9.55 Å². The Balaban J connectivity index is 3.51. The van der Waals surface area contributed by atoms with Crippen LogP contribution in [0.1, 0.15) is 5.82 Å². The first-order chi connectivity index (χ1) is 7.34. The van der Waals surface area contributed by atoms with E-state index in [1.54, 1.807) is 0 Å². The average molecular weight is 292 g/mol. The fraction of sp³-hybridized carbons (Fsp3) is 0.286. The number of aryl methyl sites for hydroxylation is 1. The minimum Gasteiger partial charge on any atom is -0.480 e. The summed E-state index contributed by atoms with van der Waals surface area (Å²) in [7, 11) is 0. The molecule has 9 heteroatoms. The molecule has 0 unspecified atom stereocenters. The van der Waals surface area contributed by atoms with Gasteiger partial charge in [0.2, 0.25) is 0 Å². The van der Waals surface area contributed by atoms with Gasteiger partial charge in [-0.2, -0.15) is 0 Å². The van der Waals surface area contributed by atoms with Gasteiger partial charge in [-0.05, 0) is 22.9 Å². The molecule has 0 atom stereocenters. The molecule has 1 rings (SSSR count). The predicted molar refractivity (Wildman–Crippen MR) is 55.2 cm³/mol. The van der Waals surface area contributed by atoms with Crippen molar-refractivity contribution in [3.8, 4) is 0 Å². The van der Waals surface area contributed by atoms with E-state index in [0.717, 1.165) is 4.57 Å². The third-order valence-corrected chi connectivity index (χ3v) is 2.32. The summed E-state index contributed by atoms with van der Waals surface area (Å²) in [5.41, 5.74) is -1.77. The molecule has 0 aromatic carbocycles. The maximum atomic E-state index is 11.6. The van der Waals surface area contributed by atoms with Crippen LogP contribution in [0.25, 0.3) is 0 Å². The lowest BCUT2D eigenvalue weighted by Gasteiger charge is -2.06. The lowest BCUT2D eigenvalue weighted by Crippen LogP contribution is -2.29. The van der Waals surface area contributed by atoms with Crippen LogP contribution in [0.15, 0.2) is 9.40 Å². The molecule has 0 saturated heterocycles. The van der Waals surface area contributed by atoms with Crippen molar-refractivity contribution in [1.29, 1.82) is 0 Å². The van der Waals surface area contributed by atoms with Crippen LogP contribution in [-0.4, -0.2) is 25.6 Å². The van der Waals surface area contributed by atoms with E-state index in [9.17, 15) is 19.7 Å². The van der Waals surface area contributed by atoms with Crippen LogP contribution < -0.4 is 5.56 Å². The first kappa shape index (κ1) is 12.3. The molecule has 1 N–H and O–H groups in total. The van der Waals surface area contributed by atoms with Crippen LogP contribution in [0.4, 0.5) is 5.69 Å². The van der Waals surface area contributed by atoms with Crippen LogP contribution in [0.3, 0.4) is 0 Å². The molecule has 1 aromatic rings. The quantitative estimate of drug-likeness (QED) is 0.487. The van der Waals surface area contributed by atoms with Gasteiger partial charge in [0.15, 0.2) is 4.60 Å². The smallest absolute Gasteiger partial charge is 0.366 e. The number of aromatic nitrogens is 2. The Morgan fingerprint density at radius 1 is 1.69 bits per heavy atom. The molecule has 0 radical (unpaired) electrons. The Labute approximate surface area is 96.8 Å². The summed E-state index contributed by atoms with van der Waals surface area (Å²) in [5, 5.41) is 19.1. The first-order valence-electron chi connectivity index (χ1n) is 3.97. The number of nitro groups is 1. The maximum absolute atomic E-state index is 11.6. The molecular formula is C7H6BrN3O5. The number of carboxylic acids is 1. The topological polar surface area (TPSA) is 115 Å². The normalized spacial score (nSPS) is 10.1. The number of rotatable bonds is 3. The molecule has 8 nitrogen and oxygen atoms in total. The van der Waals surface area contributed by atoms with E-state index >= 15 is 0 Å². The van der Waals surface area contributed by atoms with E-state index in [-0.39, 0.29) is 10.4 Å². The monoisotopic (exact) mass is 291 g/mol. The van der Waals surface area contributed by atoms with Crippen LogP contribution in [0, 0.1) is 17.0 Å². The standard InChI is InChI=1S/C7H6BrN3O5/c1-3-9-6(8)5(11(15)16)7(14)10(3)2-4(12)13/h2H2,1H3,(H,12,13). The number of carboxylic acid groups (broad SMARTS) is 1. The van der Waals surface area contributed by atoms with E-state index in [1.165, 1.54) is 6.92 Å². The SMILES string of the molecule is Cc1nc(Br)c([N+](=O)[O-])c(=O)n1CC(=O)O. The van der Waals surface area contributed by atoms with Gasteiger partial charge in [0.1, 0.15) is 12.4 Å². The van der Waals surface area contributed by atoms with Gasteiger partial charge in [-0.15, -0.1) is 0 Å². The fourth-order valence-corrected chi connectivity index (χ4v) is 1.66. The second kappa shape index (κ2) is 4.39. The first-order valence-corrected chi connectivity index (χ1v) is 4.77. The van der Waals surface area contributed by atoms with E-state index in [1.807, 2.05) is 0 Å². The second-order valence-corrected chi connectivity index (χ2v) is 3.59. The number of hydrogen-bond acceptors (Lipinski definition) is 5. The molecule has 0 spiro atoms. The number of carbonyl (C=O) groups is 1. The summed E-state index contributed by atoms with van der Waals surface area (Å²) in [6.07, 6.45) is 0. The van der Waals surface area contributed by atoms with E-state index in [2.05, 4.69) is 20.9 Å². The zero-order valence-corrected chi connectivity index (χ0v) is 9.59. The molecule has 0 bridgehead atoms. The molecule has 0 aliphatic carbocycles. The highest BCUT2D eigenvalue weighted by molar-refractivity contribution is 9.10. The minimum absolute atomic E-state index is 0.0878. The Kier molecular flexibility index (Phi) is 3.38. The molecule has 0 aliphatic rings. The van der Waals surface area contributed by atoms with Crippen molar-refractivity contribution < 1.29 is 14.8 Å². The number of nitrogens with zero attached hydrogens (tertiary/aromatic N) is 3. The third kappa shape index (κ3) is 2.24. The Hall–Kier alpha value is -1.77. The molecule has 0 saturated carbocycles. The Morgan fingerprint density at radius 3 is 2.69 bits per heavy atom. The van der Waals surface area contributed by atoms with Gasteiger partial charge in [0.25, 0.3) is 0 Å². The average Bonchev–Trinajstić information content (AvgIpc) is 2.10. The summed E-state index contributed by atoms with van der Waals surface area (Å²) in [4.78, 5) is 35.4. The van der Waals surface area contributed by atoms with Crippen LogP contribution >= 0.6 is 15.9 Å². The van der Waals surface area contributed by atoms with Crippen molar-refractivity contribution >= 4 is 27.6 Å². The van der Waals surface area contributed by atoms with Crippen molar-refractivity contribution in [3.05, 3.63) is 30.9 Å². The van der Waals surface area contributed by atoms with E-state index in [0.29, 0.717) is 0 Å². The summed E-state index contributed by atoms with van der Waals surface area (Å²) in [6.45, 7) is 0.727. The fourth-order valence-electron chi connectivity index (χ4n) is 1.09. The molecule has 16 heavy (non-hydrogen) atoms. The highest BCUT2D eigenvalue weighted by Gasteiger charge is 2.23. The lowest BCUT2D eigenvalue weighted by molar-refractivity contribution is -0.387. The zero-order chi connectivity index (χ0) is 12.5. The van der Waals surface area contributed by atoms with Gasteiger partial charge < -0.3 is 5.11 Å². The van der Waals surface area contributed by atoms with Crippen LogP contribution in [0.5, 0.6) is 0 Å². The molecule has 86 valence electrons.